The molecule has 0 bridgehead atoms. The van der Waals surface area contributed by atoms with Crippen molar-refractivity contribution in [2.75, 3.05) is 13.2 Å². The number of ether oxygens (including phenoxy) is 2. The number of benzene rings is 11. The maximum absolute atomic E-state index is 14.3. The van der Waals surface area contributed by atoms with Crippen LogP contribution in [0.4, 0.5) is 0 Å². The number of carbonyl (C=O) groups is 2. The SMILES string of the molecule is O=C(COc1ccccc1S(=O)c1ccccc1OCC(=O)c1ccc2ccc3cccc4ccc1c2c34)c1ccc2c3cccc4cccc(c5cccc1c52)c43. The van der Waals surface area contributed by atoms with Gasteiger partial charge in [0.1, 0.15) is 11.5 Å². The first-order valence-electron chi connectivity index (χ1n) is 19.2. The molecule has 6 heteroatoms. The van der Waals surface area contributed by atoms with Crippen LogP contribution in [0.25, 0.3) is 75.4 Å². The highest BCUT2D eigenvalue weighted by Gasteiger charge is 2.22. The monoisotopic (exact) mass is 768 g/mol. The Morgan fingerprint density at radius 3 is 1.38 bits per heavy atom. The van der Waals surface area contributed by atoms with Gasteiger partial charge in [-0.2, -0.15) is 0 Å². The summed E-state index contributed by atoms with van der Waals surface area (Å²) < 4.78 is 26.7. The maximum atomic E-state index is 14.3. The highest BCUT2D eigenvalue weighted by molar-refractivity contribution is 7.85. The van der Waals surface area contributed by atoms with Gasteiger partial charge in [0.15, 0.2) is 13.2 Å². The van der Waals surface area contributed by atoms with Gasteiger partial charge in [-0.05, 0) is 99.7 Å². The third-order valence-corrected chi connectivity index (χ3v) is 12.9. The molecule has 11 aromatic rings. The molecule has 276 valence electrons. The van der Waals surface area contributed by atoms with Crippen LogP contribution in [-0.4, -0.2) is 29.0 Å². The van der Waals surface area contributed by atoms with Gasteiger partial charge in [0.25, 0.3) is 0 Å². The smallest absolute Gasteiger partial charge is 0.200 e. The molecule has 0 heterocycles. The number of Topliss-reactive ketones (excluding diaryl/α,β-unsaturated/α-hetero) is 2. The van der Waals surface area contributed by atoms with Crippen LogP contribution < -0.4 is 9.47 Å². The molecule has 11 rings (SSSR count). The number of para-hydroxylation sites is 2. The summed E-state index contributed by atoms with van der Waals surface area (Å²) in [6.07, 6.45) is 0. The summed E-state index contributed by atoms with van der Waals surface area (Å²) in [7, 11) is -1.76. The van der Waals surface area contributed by atoms with Crippen LogP contribution in [0, 0.1) is 0 Å². The van der Waals surface area contributed by atoms with E-state index in [4.69, 9.17) is 9.47 Å². The largest absolute Gasteiger partial charge is 0.484 e. The molecule has 1 unspecified atom stereocenters. The Bertz CT molecular complexity index is 3410. The molecular weight excluding hydrogens is 737 g/mol. The lowest BCUT2D eigenvalue weighted by atomic mass is 9.88. The average molecular weight is 769 g/mol. The van der Waals surface area contributed by atoms with E-state index in [9.17, 15) is 13.8 Å². The second kappa shape index (κ2) is 13.5. The van der Waals surface area contributed by atoms with Crippen LogP contribution in [0.15, 0.2) is 180 Å². The molecule has 58 heavy (non-hydrogen) atoms. The van der Waals surface area contributed by atoms with Crippen LogP contribution >= 0.6 is 0 Å². The summed E-state index contributed by atoms with van der Waals surface area (Å²) in [6, 6.07) is 55.1. The fourth-order valence-electron chi connectivity index (χ4n) is 8.87. The Hall–Kier alpha value is -7.15. The zero-order chi connectivity index (χ0) is 38.9. The Labute approximate surface area is 335 Å². The van der Waals surface area contributed by atoms with E-state index in [-0.39, 0.29) is 24.8 Å². The van der Waals surface area contributed by atoms with Crippen molar-refractivity contribution in [3.63, 3.8) is 0 Å². The quantitative estimate of drug-likeness (QED) is 0.0787. The maximum Gasteiger partial charge on any atom is 0.200 e. The first kappa shape index (κ1) is 34.1. The lowest BCUT2D eigenvalue weighted by Crippen LogP contribution is -2.14. The highest BCUT2D eigenvalue weighted by Crippen LogP contribution is 2.42. The van der Waals surface area contributed by atoms with Crippen molar-refractivity contribution in [1.29, 1.82) is 0 Å². The standard InChI is InChI=1S/C52H32O5S/c53-43(35-25-23-34-22-21-32-9-5-10-33-24-26-41(35)51(34)49(32)33)29-56-45-17-1-3-19-47(45)58(55)48-20-4-2-18-46(48)57-30-44(54)36-27-28-42-39-14-7-12-31-11-6-13-38(50(31)39)40-16-8-15-37(36)52(40)42/h1-28H,29-30H2. The molecule has 0 saturated carbocycles. The third kappa shape index (κ3) is 5.33. The molecule has 0 radical (unpaired) electrons. The Kier molecular flexibility index (Phi) is 7.95. The van der Waals surface area contributed by atoms with Gasteiger partial charge in [0.2, 0.25) is 11.6 Å². The summed E-state index contributed by atoms with van der Waals surface area (Å²) in [5.74, 6) is 0.298. The first-order valence-corrected chi connectivity index (χ1v) is 20.3. The van der Waals surface area contributed by atoms with Crippen molar-refractivity contribution >= 4 is 97.8 Å². The van der Waals surface area contributed by atoms with Gasteiger partial charge in [0, 0.05) is 11.1 Å². The van der Waals surface area contributed by atoms with Crippen LogP contribution in [0.3, 0.4) is 0 Å². The van der Waals surface area contributed by atoms with Crippen LogP contribution in [0.2, 0.25) is 0 Å². The van der Waals surface area contributed by atoms with Crippen LogP contribution in [0.1, 0.15) is 20.7 Å². The van der Waals surface area contributed by atoms with Gasteiger partial charge >= 0.3 is 0 Å². The van der Waals surface area contributed by atoms with E-state index in [2.05, 4.69) is 72.8 Å². The molecule has 0 aliphatic carbocycles. The molecule has 5 nitrogen and oxygen atoms in total. The van der Waals surface area contributed by atoms with Crippen molar-refractivity contribution in [3.8, 4) is 11.5 Å². The summed E-state index contributed by atoms with van der Waals surface area (Å²) in [6.45, 7) is -0.481. The van der Waals surface area contributed by atoms with E-state index in [1.54, 1.807) is 48.5 Å². The first-order chi connectivity index (χ1) is 28.5. The van der Waals surface area contributed by atoms with E-state index in [0.29, 0.717) is 32.4 Å². The Morgan fingerprint density at radius 2 is 0.759 bits per heavy atom. The Morgan fingerprint density at radius 1 is 0.362 bits per heavy atom. The van der Waals surface area contributed by atoms with Crippen molar-refractivity contribution < 1.29 is 23.3 Å². The zero-order valence-electron chi connectivity index (χ0n) is 31.0. The number of carbonyl (C=O) groups excluding carboxylic acids is 2. The number of ketones is 2. The summed E-state index contributed by atoms with van der Waals surface area (Å²) in [4.78, 5) is 28.6. The predicted molar refractivity (Wildman–Crippen MR) is 235 cm³/mol. The molecule has 0 aliphatic heterocycles. The lowest BCUT2D eigenvalue weighted by Gasteiger charge is -2.16. The van der Waals surface area contributed by atoms with E-state index in [0.717, 1.165) is 64.6 Å². The van der Waals surface area contributed by atoms with Crippen LogP contribution in [0.5, 0.6) is 11.5 Å². The minimum Gasteiger partial charge on any atom is -0.484 e. The van der Waals surface area contributed by atoms with Crippen LogP contribution in [-0.2, 0) is 10.8 Å². The van der Waals surface area contributed by atoms with Crippen molar-refractivity contribution in [2.45, 2.75) is 9.79 Å². The normalized spacial score (nSPS) is 12.4. The number of hydrogen-bond donors (Lipinski definition) is 0. The molecule has 0 aliphatic rings. The van der Waals surface area contributed by atoms with Gasteiger partial charge < -0.3 is 9.47 Å². The topological polar surface area (TPSA) is 69.7 Å². The minimum atomic E-state index is -1.76. The minimum absolute atomic E-state index is 0.180. The number of hydrogen-bond acceptors (Lipinski definition) is 5. The second-order valence-corrected chi connectivity index (χ2v) is 16.1. The van der Waals surface area contributed by atoms with E-state index < -0.39 is 10.8 Å². The van der Waals surface area contributed by atoms with E-state index >= 15 is 0 Å². The van der Waals surface area contributed by atoms with Gasteiger partial charge in [-0.1, -0.05) is 146 Å². The molecule has 0 saturated heterocycles. The third-order valence-electron chi connectivity index (χ3n) is 11.5. The summed E-state index contributed by atoms with van der Waals surface area (Å²) in [5, 5.41) is 15.3. The molecule has 0 amide bonds. The van der Waals surface area contributed by atoms with Gasteiger partial charge in [-0.3, -0.25) is 9.59 Å². The second-order valence-electron chi connectivity index (χ2n) is 14.7. The Balaban J connectivity index is 0.861. The highest BCUT2D eigenvalue weighted by atomic mass is 32.2. The predicted octanol–water partition coefficient (Wildman–Crippen LogP) is 12.3. The lowest BCUT2D eigenvalue weighted by molar-refractivity contribution is 0.0915. The number of rotatable bonds is 10. The van der Waals surface area contributed by atoms with Gasteiger partial charge in [0.05, 0.1) is 20.6 Å². The molecule has 1 atom stereocenters. The fraction of sp³-hybridized carbons (Fsp3) is 0.0385. The van der Waals surface area contributed by atoms with Crippen molar-refractivity contribution in [3.05, 3.63) is 181 Å². The van der Waals surface area contributed by atoms with E-state index in [1.807, 2.05) is 48.5 Å². The molecule has 0 spiro atoms. The zero-order valence-corrected chi connectivity index (χ0v) is 31.8. The van der Waals surface area contributed by atoms with E-state index in [1.165, 1.54) is 10.8 Å². The molecule has 0 fully saturated rings. The summed E-state index contributed by atoms with van der Waals surface area (Å²) in [5.41, 5.74) is 1.14. The average Bonchev–Trinajstić information content (AvgIpc) is 3.28. The van der Waals surface area contributed by atoms with Gasteiger partial charge in [-0.25, -0.2) is 4.21 Å². The molecular formula is C52H32O5S. The molecule has 11 aromatic carbocycles. The summed E-state index contributed by atoms with van der Waals surface area (Å²) >= 11 is 0. The van der Waals surface area contributed by atoms with Gasteiger partial charge in [-0.15, -0.1) is 0 Å². The molecule has 0 aromatic heterocycles. The fourth-order valence-corrected chi connectivity index (χ4v) is 10.1. The van der Waals surface area contributed by atoms with Crippen molar-refractivity contribution in [2.24, 2.45) is 0 Å². The van der Waals surface area contributed by atoms with Crippen molar-refractivity contribution in [1.82, 2.24) is 0 Å². The molecule has 0 N–H and O–H groups in total. The number of fused-ring (bicyclic) bond motifs is 2.